The van der Waals surface area contributed by atoms with Crippen LogP contribution in [0.4, 0.5) is 0 Å². The number of fused-ring (bicyclic) bond motifs is 4. The summed E-state index contributed by atoms with van der Waals surface area (Å²) in [6.07, 6.45) is 1.83. The lowest BCUT2D eigenvalue weighted by Crippen LogP contribution is -1.91. The van der Waals surface area contributed by atoms with E-state index in [1.807, 2.05) is 36.5 Å². The minimum atomic E-state index is 0.850. The Bertz CT molecular complexity index is 2200. The van der Waals surface area contributed by atoms with E-state index in [0.29, 0.717) is 0 Å². The van der Waals surface area contributed by atoms with Crippen molar-refractivity contribution in [1.29, 1.82) is 0 Å². The number of nitrogens with zero attached hydrogens (tertiary/aromatic N) is 2. The zero-order valence-electron chi connectivity index (χ0n) is 22.2. The molecule has 0 saturated carbocycles. The van der Waals surface area contributed by atoms with Crippen LogP contribution < -0.4 is 0 Å². The number of hydrogen-bond donors (Lipinski definition) is 0. The Hall–Kier alpha value is -5.54. The minimum absolute atomic E-state index is 0.850. The van der Waals surface area contributed by atoms with Crippen LogP contribution in [0.5, 0.6) is 0 Å². The van der Waals surface area contributed by atoms with Crippen LogP contribution in [0.15, 0.2) is 150 Å². The zero-order valence-corrected chi connectivity index (χ0v) is 22.2. The van der Waals surface area contributed by atoms with Gasteiger partial charge in [0.2, 0.25) is 0 Å². The number of rotatable bonds is 4. The van der Waals surface area contributed by atoms with Crippen molar-refractivity contribution < 1.29 is 4.42 Å². The van der Waals surface area contributed by atoms with Crippen molar-refractivity contribution in [1.82, 2.24) is 9.97 Å². The molecule has 0 fully saturated rings. The molecule has 3 aromatic heterocycles. The highest BCUT2D eigenvalue weighted by Crippen LogP contribution is 2.43. The third-order valence-electron chi connectivity index (χ3n) is 7.75. The minimum Gasteiger partial charge on any atom is -0.455 e. The van der Waals surface area contributed by atoms with E-state index < -0.39 is 0 Å². The van der Waals surface area contributed by atoms with Gasteiger partial charge < -0.3 is 4.42 Å². The van der Waals surface area contributed by atoms with Gasteiger partial charge in [-0.2, -0.15) is 0 Å². The highest BCUT2D eigenvalue weighted by atomic mass is 16.3. The lowest BCUT2D eigenvalue weighted by Gasteiger charge is -2.12. The maximum absolute atomic E-state index is 6.57. The topological polar surface area (TPSA) is 38.9 Å². The van der Waals surface area contributed by atoms with Crippen molar-refractivity contribution >= 4 is 32.6 Å². The van der Waals surface area contributed by atoms with Gasteiger partial charge in [0.1, 0.15) is 11.5 Å². The molecule has 3 heteroatoms. The molecule has 0 aliphatic heterocycles. The molecular weight excluding hydrogens is 500 g/mol. The van der Waals surface area contributed by atoms with Crippen LogP contribution in [0.3, 0.4) is 0 Å². The van der Waals surface area contributed by atoms with Crippen molar-refractivity contribution in [3.05, 3.63) is 146 Å². The van der Waals surface area contributed by atoms with Gasteiger partial charge in [-0.3, -0.25) is 4.98 Å². The van der Waals surface area contributed by atoms with Crippen LogP contribution in [0.2, 0.25) is 0 Å². The van der Waals surface area contributed by atoms with E-state index >= 15 is 0 Å². The molecule has 0 aliphatic rings. The standard InChI is InChI=1S/C38H24N2O/c1-3-10-25(11-4-1)35-24-33(38(41-35)28-12-5-2-6-13-28)31-20-21-32(30-16-8-7-15-29(30)31)34-22-19-27-18-17-26-14-9-23-39-36(26)37(27)40-34/h1-24H. The molecular formula is C38H24N2O. The molecule has 41 heavy (non-hydrogen) atoms. The first-order valence-electron chi connectivity index (χ1n) is 13.8. The molecule has 3 heterocycles. The molecule has 8 rings (SSSR count). The van der Waals surface area contributed by atoms with Crippen LogP contribution in [0.25, 0.3) is 77.6 Å². The molecule has 0 radical (unpaired) electrons. The van der Waals surface area contributed by atoms with E-state index in [0.717, 1.165) is 77.6 Å². The third-order valence-corrected chi connectivity index (χ3v) is 7.75. The molecule has 5 aromatic carbocycles. The number of pyridine rings is 2. The molecule has 192 valence electrons. The summed E-state index contributed by atoms with van der Waals surface area (Å²) < 4.78 is 6.57. The summed E-state index contributed by atoms with van der Waals surface area (Å²) in [5.74, 6) is 1.71. The van der Waals surface area contributed by atoms with Crippen molar-refractivity contribution in [2.75, 3.05) is 0 Å². The molecule has 0 amide bonds. The van der Waals surface area contributed by atoms with Gasteiger partial charge in [-0.1, -0.05) is 121 Å². The lowest BCUT2D eigenvalue weighted by atomic mass is 9.92. The fraction of sp³-hybridized carbons (Fsp3) is 0. The summed E-state index contributed by atoms with van der Waals surface area (Å²) in [5.41, 5.74) is 8.16. The Labute approximate surface area is 237 Å². The zero-order chi connectivity index (χ0) is 27.2. The Morgan fingerprint density at radius 1 is 0.463 bits per heavy atom. The number of hydrogen-bond acceptors (Lipinski definition) is 3. The van der Waals surface area contributed by atoms with E-state index in [2.05, 4.69) is 114 Å². The van der Waals surface area contributed by atoms with Gasteiger partial charge in [-0.05, 0) is 34.5 Å². The second-order valence-corrected chi connectivity index (χ2v) is 10.2. The number of furan rings is 1. The van der Waals surface area contributed by atoms with Crippen LogP contribution in [0, 0.1) is 0 Å². The molecule has 0 N–H and O–H groups in total. The Kier molecular flexibility index (Phi) is 5.46. The van der Waals surface area contributed by atoms with E-state index in [9.17, 15) is 0 Å². The van der Waals surface area contributed by atoms with Gasteiger partial charge in [0, 0.05) is 39.2 Å². The number of aromatic nitrogens is 2. The SMILES string of the molecule is c1ccc(-c2cc(-c3ccc(-c4ccc5ccc6cccnc6c5n4)c4ccccc34)c(-c3ccccc3)o2)cc1. The fourth-order valence-electron chi connectivity index (χ4n) is 5.77. The van der Waals surface area contributed by atoms with Gasteiger partial charge in [0.05, 0.1) is 16.7 Å². The maximum atomic E-state index is 6.57. The Balaban J connectivity index is 1.35. The maximum Gasteiger partial charge on any atom is 0.142 e. The van der Waals surface area contributed by atoms with E-state index in [4.69, 9.17) is 9.40 Å². The average molecular weight is 525 g/mol. The monoisotopic (exact) mass is 524 g/mol. The average Bonchev–Trinajstić information content (AvgIpc) is 3.50. The van der Waals surface area contributed by atoms with E-state index in [1.165, 1.54) is 0 Å². The van der Waals surface area contributed by atoms with Gasteiger partial charge in [-0.15, -0.1) is 0 Å². The summed E-state index contributed by atoms with van der Waals surface area (Å²) in [6.45, 7) is 0. The predicted octanol–water partition coefficient (Wildman–Crippen LogP) is 10.2. The largest absolute Gasteiger partial charge is 0.455 e. The van der Waals surface area contributed by atoms with Crippen LogP contribution in [-0.2, 0) is 0 Å². The molecule has 0 atom stereocenters. The molecule has 0 bridgehead atoms. The van der Waals surface area contributed by atoms with Crippen LogP contribution in [-0.4, -0.2) is 9.97 Å². The Morgan fingerprint density at radius 2 is 1.10 bits per heavy atom. The lowest BCUT2D eigenvalue weighted by molar-refractivity contribution is 0.598. The highest BCUT2D eigenvalue weighted by molar-refractivity contribution is 6.08. The van der Waals surface area contributed by atoms with Gasteiger partial charge in [0.25, 0.3) is 0 Å². The van der Waals surface area contributed by atoms with Crippen LogP contribution in [0.1, 0.15) is 0 Å². The molecule has 0 spiro atoms. The first-order valence-corrected chi connectivity index (χ1v) is 13.8. The first-order chi connectivity index (χ1) is 20.3. The van der Waals surface area contributed by atoms with Gasteiger partial charge in [0.15, 0.2) is 0 Å². The van der Waals surface area contributed by atoms with Crippen molar-refractivity contribution in [3.63, 3.8) is 0 Å². The number of benzene rings is 5. The summed E-state index contributed by atoms with van der Waals surface area (Å²) in [5, 5.41) is 4.47. The summed E-state index contributed by atoms with van der Waals surface area (Å²) in [4.78, 5) is 9.81. The van der Waals surface area contributed by atoms with Crippen molar-refractivity contribution in [3.8, 4) is 45.0 Å². The van der Waals surface area contributed by atoms with E-state index in [-0.39, 0.29) is 0 Å². The molecule has 3 nitrogen and oxygen atoms in total. The summed E-state index contributed by atoms with van der Waals surface area (Å²) in [7, 11) is 0. The summed E-state index contributed by atoms with van der Waals surface area (Å²) in [6, 6.07) is 48.3. The predicted molar refractivity (Wildman–Crippen MR) is 169 cm³/mol. The molecule has 0 saturated heterocycles. The molecule has 8 aromatic rings. The molecule has 0 aliphatic carbocycles. The Morgan fingerprint density at radius 3 is 1.88 bits per heavy atom. The second kappa shape index (κ2) is 9.58. The highest BCUT2D eigenvalue weighted by Gasteiger charge is 2.19. The van der Waals surface area contributed by atoms with Gasteiger partial charge in [-0.25, -0.2) is 4.98 Å². The second-order valence-electron chi connectivity index (χ2n) is 10.2. The van der Waals surface area contributed by atoms with Crippen LogP contribution >= 0.6 is 0 Å². The van der Waals surface area contributed by atoms with Crippen molar-refractivity contribution in [2.45, 2.75) is 0 Å². The van der Waals surface area contributed by atoms with Crippen molar-refractivity contribution in [2.24, 2.45) is 0 Å². The first kappa shape index (κ1) is 23.4. The third kappa shape index (κ3) is 3.98. The van der Waals surface area contributed by atoms with Gasteiger partial charge >= 0.3 is 0 Å². The van der Waals surface area contributed by atoms with E-state index in [1.54, 1.807) is 0 Å². The molecule has 0 unspecified atom stereocenters. The summed E-state index contributed by atoms with van der Waals surface area (Å²) >= 11 is 0. The fourth-order valence-corrected chi connectivity index (χ4v) is 5.77. The smallest absolute Gasteiger partial charge is 0.142 e. The normalized spacial score (nSPS) is 11.4. The quantitative estimate of drug-likeness (QED) is 0.215.